The molecule has 1 aromatic carbocycles. The first-order valence-electron chi connectivity index (χ1n) is 7.89. The van der Waals surface area contributed by atoms with Gasteiger partial charge in [-0.05, 0) is 37.8 Å². The summed E-state index contributed by atoms with van der Waals surface area (Å²) in [6, 6.07) is 4.32. The van der Waals surface area contributed by atoms with E-state index in [0.717, 1.165) is 12.8 Å². The third-order valence-electron chi connectivity index (χ3n) is 4.18. The van der Waals surface area contributed by atoms with Crippen LogP contribution in [0.25, 0.3) is 11.1 Å². The summed E-state index contributed by atoms with van der Waals surface area (Å²) < 4.78 is 29.8. The molecule has 0 bridgehead atoms. The third kappa shape index (κ3) is 2.96. The molecule has 2 aromatic heterocycles. The van der Waals surface area contributed by atoms with Gasteiger partial charge in [0.1, 0.15) is 17.4 Å². The molecule has 1 fully saturated rings. The Kier molecular flexibility index (Phi) is 3.89. The number of aromatic nitrogens is 3. The van der Waals surface area contributed by atoms with Gasteiger partial charge in [0, 0.05) is 19.3 Å². The van der Waals surface area contributed by atoms with Crippen LogP contribution < -0.4 is 5.32 Å². The zero-order valence-corrected chi connectivity index (χ0v) is 13.2. The number of oxazole rings is 1. The van der Waals surface area contributed by atoms with Crippen LogP contribution in [0.4, 0.5) is 10.4 Å². The zero-order valence-electron chi connectivity index (χ0n) is 13.2. The van der Waals surface area contributed by atoms with Crippen LogP contribution in [0.1, 0.15) is 30.6 Å². The molecular weight excluding hydrogens is 315 g/mol. The van der Waals surface area contributed by atoms with Crippen molar-refractivity contribution in [2.24, 2.45) is 5.92 Å². The monoisotopic (exact) mass is 332 g/mol. The smallest absolute Gasteiger partial charge is 0.296 e. The predicted molar refractivity (Wildman–Crippen MR) is 82.9 cm³/mol. The van der Waals surface area contributed by atoms with Crippen LogP contribution in [-0.2, 0) is 4.74 Å². The Hall–Kier alpha value is -2.48. The average molecular weight is 332 g/mol. The van der Waals surface area contributed by atoms with Crippen LogP contribution in [0.15, 0.2) is 27.1 Å². The molecule has 1 aliphatic heterocycles. The molecule has 7 nitrogen and oxygen atoms in total. The first-order chi connectivity index (χ1) is 11.7. The maximum atomic E-state index is 13.3. The summed E-state index contributed by atoms with van der Waals surface area (Å²) in [6.45, 7) is 3.15. The molecule has 0 radical (unpaired) electrons. The molecule has 3 aromatic rings. The molecular formula is C16H17FN4O3. The van der Waals surface area contributed by atoms with Crippen LogP contribution in [0, 0.1) is 18.7 Å². The molecule has 8 heteroatoms. The highest BCUT2D eigenvalue weighted by molar-refractivity contribution is 5.74. The van der Waals surface area contributed by atoms with Crippen molar-refractivity contribution < 1.29 is 18.1 Å². The molecule has 4 rings (SSSR count). The van der Waals surface area contributed by atoms with Gasteiger partial charge in [0.05, 0.1) is 0 Å². The highest BCUT2D eigenvalue weighted by Gasteiger charge is 2.31. The van der Waals surface area contributed by atoms with E-state index >= 15 is 0 Å². The SMILES string of the molecule is Cc1noc(C(Nc2nc3cc(F)ccc3o2)C2CCOCC2)n1. The van der Waals surface area contributed by atoms with E-state index in [1.54, 1.807) is 13.0 Å². The minimum atomic E-state index is -0.351. The van der Waals surface area contributed by atoms with Crippen molar-refractivity contribution in [1.29, 1.82) is 0 Å². The average Bonchev–Trinajstić information content (AvgIpc) is 3.18. The summed E-state index contributed by atoms with van der Waals surface area (Å²) in [5, 5.41) is 7.11. The number of anilines is 1. The zero-order chi connectivity index (χ0) is 16.5. The Labute approximate surface area is 137 Å². The molecule has 0 saturated carbocycles. The largest absolute Gasteiger partial charge is 0.424 e. The van der Waals surface area contributed by atoms with Crippen molar-refractivity contribution in [2.75, 3.05) is 18.5 Å². The first-order valence-corrected chi connectivity index (χ1v) is 7.89. The van der Waals surface area contributed by atoms with Gasteiger partial charge in [0.2, 0.25) is 5.89 Å². The Bertz CT molecular complexity index is 841. The van der Waals surface area contributed by atoms with E-state index in [-0.39, 0.29) is 17.8 Å². The van der Waals surface area contributed by atoms with Crippen LogP contribution in [0.5, 0.6) is 0 Å². The minimum absolute atomic E-state index is 0.229. The van der Waals surface area contributed by atoms with Gasteiger partial charge in [-0.3, -0.25) is 0 Å². The van der Waals surface area contributed by atoms with Crippen molar-refractivity contribution >= 4 is 17.1 Å². The fraction of sp³-hybridized carbons (Fsp3) is 0.438. The van der Waals surface area contributed by atoms with Crippen molar-refractivity contribution in [3.8, 4) is 0 Å². The Morgan fingerprint density at radius 1 is 1.25 bits per heavy atom. The summed E-state index contributed by atoms with van der Waals surface area (Å²) in [7, 11) is 0. The van der Waals surface area contributed by atoms with Crippen LogP contribution in [0.3, 0.4) is 0 Å². The Morgan fingerprint density at radius 2 is 2.08 bits per heavy atom. The summed E-state index contributed by atoms with van der Waals surface area (Å²) >= 11 is 0. The number of ether oxygens (including phenoxy) is 1. The van der Waals surface area contributed by atoms with Gasteiger partial charge in [-0.1, -0.05) is 5.16 Å². The fourth-order valence-corrected chi connectivity index (χ4v) is 2.97. The van der Waals surface area contributed by atoms with Gasteiger partial charge in [-0.25, -0.2) is 4.39 Å². The molecule has 24 heavy (non-hydrogen) atoms. The molecule has 3 heterocycles. The molecule has 0 amide bonds. The number of rotatable bonds is 4. The van der Waals surface area contributed by atoms with E-state index < -0.39 is 0 Å². The number of benzene rings is 1. The Balaban J connectivity index is 1.64. The highest BCUT2D eigenvalue weighted by Crippen LogP contribution is 2.33. The number of hydrogen-bond donors (Lipinski definition) is 1. The van der Waals surface area contributed by atoms with Gasteiger partial charge in [0.25, 0.3) is 6.01 Å². The van der Waals surface area contributed by atoms with E-state index in [1.165, 1.54) is 12.1 Å². The minimum Gasteiger partial charge on any atom is -0.424 e. The topological polar surface area (TPSA) is 86.2 Å². The maximum absolute atomic E-state index is 13.3. The van der Waals surface area contributed by atoms with Gasteiger partial charge in [0.15, 0.2) is 11.4 Å². The highest BCUT2D eigenvalue weighted by atomic mass is 19.1. The molecule has 1 unspecified atom stereocenters. The fourth-order valence-electron chi connectivity index (χ4n) is 2.97. The van der Waals surface area contributed by atoms with E-state index in [0.29, 0.717) is 42.0 Å². The van der Waals surface area contributed by atoms with Gasteiger partial charge < -0.3 is 19.0 Å². The van der Waals surface area contributed by atoms with Gasteiger partial charge in [-0.15, -0.1) is 0 Å². The summed E-state index contributed by atoms with van der Waals surface area (Å²) in [6.07, 6.45) is 1.74. The number of nitrogens with zero attached hydrogens (tertiary/aromatic N) is 3. The normalized spacial score (nSPS) is 17.2. The second-order valence-corrected chi connectivity index (χ2v) is 5.88. The summed E-state index contributed by atoms with van der Waals surface area (Å²) in [5.74, 6) is 0.970. The van der Waals surface area contributed by atoms with Crippen molar-refractivity contribution in [3.05, 3.63) is 35.7 Å². The van der Waals surface area contributed by atoms with Crippen molar-refractivity contribution in [2.45, 2.75) is 25.8 Å². The maximum Gasteiger partial charge on any atom is 0.296 e. The van der Waals surface area contributed by atoms with Crippen LogP contribution >= 0.6 is 0 Å². The van der Waals surface area contributed by atoms with E-state index in [4.69, 9.17) is 13.7 Å². The summed E-state index contributed by atoms with van der Waals surface area (Å²) in [5.41, 5.74) is 0.983. The molecule has 0 aliphatic carbocycles. The van der Waals surface area contributed by atoms with Crippen molar-refractivity contribution in [1.82, 2.24) is 15.1 Å². The second-order valence-electron chi connectivity index (χ2n) is 5.88. The van der Waals surface area contributed by atoms with Crippen molar-refractivity contribution in [3.63, 3.8) is 0 Å². The molecule has 126 valence electrons. The number of fused-ring (bicyclic) bond motifs is 1. The quantitative estimate of drug-likeness (QED) is 0.785. The third-order valence-corrected chi connectivity index (χ3v) is 4.18. The predicted octanol–water partition coefficient (Wildman–Crippen LogP) is 3.24. The lowest BCUT2D eigenvalue weighted by Crippen LogP contribution is -2.27. The first kappa shape index (κ1) is 15.1. The molecule has 1 atom stereocenters. The molecule has 0 spiro atoms. The van der Waals surface area contributed by atoms with E-state index in [9.17, 15) is 4.39 Å². The number of aryl methyl sites for hydroxylation is 1. The lowest BCUT2D eigenvalue weighted by molar-refractivity contribution is 0.0568. The summed E-state index contributed by atoms with van der Waals surface area (Å²) in [4.78, 5) is 8.64. The number of nitrogens with one attached hydrogen (secondary N) is 1. The van der Waals surface area contributed by atoms with E-state index in [1.807, 2.05) is 0 Å². The van der Waals surface area contributed by atoms with Gasteiger partial charge >= 0.3 is 0 Å². The lowest BCUT2D eigenvalue weighted by Gasteiger charge is -2.27. The molecule has 1 saturated heterocycles. The molecule has 1 N–H and O–H groups in total. The lowest BCUT2D eigenvalue weighted by atomic mass is 9.91. The second kappa shape index (κ2) is 6.20. The van der Waals surface area contributed by atoms with Crippen LogP contribution in [-0.4, -0.2) is 28.3 Å². The van der Waals surface area contributed by atoms with Crippen LogP contribution in [0.2, 0.25) is 0 Å². The van der Waals surface area contributed by atoms with E-state index in [2.05, 4.69) is 20.4 Å². The Morgan fingerprint density at radius 3 is 2.83 bits per heavy atom. The number of hydrogen-bond acceptors (Lipinski definition) is 7. The standard InChI is InChI=1S/C16H17FN4O3/c1-9-18-15(24-21-9)14(10-4-6-22-7-5-10)20-16-19-12-8-11(17)2-3-13(12)23-16/h2-3,8,10,14H,4-7H2,1H3,(H,19,20). The molecule has 1 aliphatic rings. The number of halogens is 1. The van der Waals surface area contributed by atoms with Gasteiger partial charge in [-0.2, -0.15) is 9.97 Å².